The number of tetrazole rings is 1. The summed E-state index contributed by atoms with van der Waals surface area (Å²) in [5, 5.41) is 15.6. The summed E-state index contributed by atoms with van der Waals surface area (Å²) >= 11 is 2.84. The number of aromatic nitrogens is 4. The lowest BCUT2D eigenvalue weighted by atomic mass is 9.95. The first-order valence-electron chi connectivity index (χ1n) is 9.65. The number of carbonyl (C=O) groups is 2. The second-order valence-corrected chi connectivity index (χ2v) is 9.44. The lowest BCUT2D eigenvalue weighted by Crippen LogP contribution is -2.24. The fraction of sp³-hybridized carbons (Fsp3) is 0.611. The smallest absolute Gasteiger partial charge is 0.341 e. The molecule has 0 bridgehead atoms. The number of hydrogen-bond acceptors (Lipinski definition) is 8. The van der Waals surface area contributed by atoms with Gasteiger partial charge in [-0.15, -0.1) is 16.4 Å². The van der Waals surface area contributed by atoms with Gasteiger partial charge in [0.25, 0.3) is 0 Å². The van der Waals surface area contributed by atoms with Crippen LogP contribution in [0.2, 0.25) is 0 Å². The van der Waals surface area contributed by atoms with Crippen LogP contribution < -0.4 is 5.32 Å². The molecule has 2 aliphatic rings. The van der Waals surface area contributed by atoms with Crippen molar-refractivity contribution in [1.29, 1.82) is 0 Å². The molecule has 1 N–H and O–H groups in total. The minimum absolute atomic E-state index is 0.167. The summed E-state index contributed by atoms with van der Waals surface area (Å²) in [6.45, 7) is 3.92. The van der Waals surface area contributed by atoms with Gasteiger partial charge in [0.1, 0.15) is 5.00 Å². The molecule has 1 fully saturated rings. The molecular weight excluding hydrogens is 398 g/mol. The van der Waals surface area contributed by atoms with Crippen LogP contribution in [0.15, 0.2) is 5.16 Å². The van der Waals surface area contributed by atoms with Crippen LogP contribution in [0.1, 0.15) is 66.4 Å². The highest BCUT2D eigenvalue weighted by atomic mass is 32.2. The van der Waals surface area contributed by atoms with Gasteiger partial charge in [-0.2, -0.15) is 0 Å². The van der Waals surface area contributed by atoms with Crippen LogP contribution in [0.5, 0.6) is 0 Å². The zero-order chi connectivity index (χ0) is 19.7. The van der Waals surface area contributed by atoms with Gasteiger partial charge in [-0.3, -0.25) is 4.79 Å². The molecular formula is C18H23N5O3S2. The van der Waals surface area contributed by atoms with E-state index in [-0.39, 0.29) is 11.9 Å². The molecule has 0 aromatic carbocycles. The average Bonchev–Trinajstić information content (AvgIpc) is 3.30. The summed E-state index contributed by atoms with van der Waals surface area (Å²) in [5.74, 6) is -0.519. The third-order valence-corrected chi connectivity index (χ3v) is 7.15. The molecule has 150 valence electrons. The predicted molar refractivity (Wildman–Crippen MR) is 107 cm³/mol. The van der Waals surface area contributed by atoms with Gasteiger partial charge in [-0.05, 0) is 68.4 Å². The molecule has 2 aromatic rings. The normalized spacial score (nSPS) is 17.1. The Morgan fingerprint density at radius 2 is 2.14 bits per heavy atom. The molecule has 2 heterocycles. The number of thiophene rings is 1. The van der Waals surface area contributed by atoms with Crippen molar-refractivity contribution in [2.45, 2.75) is 68.8 Å². The maximum absolute atomic E-state index is 12.8. The molecule has 2 aromatic heterocycles. The van der Waals surface area contributed by atoms with Gasteiger partial charge in [0, 0.05) is 4.88 Å². The van der Waals surface area contributed by atoms with E-state index in [0.29, 0.717) is 28.4 Å². The molecule has 0 spiro atoms. The van der Waals surface area contributed by atoms with E-state index in [1.54, 1.807) is 11.6 Å². The molecule has 0 radical (unpaired) electrons. The van der Waals surface area contributed by atoms with Crippen LogP contribution in [0.4, 0.5) is 5.00 Å². The van der Waals surface area contributed by atoms with Crippen molar-refractivity contribution in [2.75, 3.05) is 11.9 Å². The van der Waals surface area contributed by atoms with E-state index in [1.165, 1.54) is 28.0 Å². The highest BCUT2D eigenvalue weighted by Crippen LogP contribution is 2.40. The second-order valence-electron chi connectivity index (χ2n) is 7.02. The number of esters is 1. The third-order valence-electron chi connectivity index (χ3n) is 4.89. The summed E-state index contributed by atoms with van der Waals surface area (Å²) in [4.78, 5) is 26.5. The number of nitrogens with zero attached hydrogens (tertiary/aromatic N) is 4. The van der Waals surface area contributed by atoms with Crippen LogP contribution in [0, 0.1) is 0 Å². The molecule has 10 heteroatoms. The van der Waals surface area contributed by atoms with Crippen molar-refractivity contribution in [3.8, 4) is 0 Å². The average molecular weight is 422 g/mol. The molecule has 1 saturated carbocycles. The fourth-order valence-corrected chi connectivity index (χ4v) is 5.45. The van der Waals surface area contributed by atoms with Crippen molar-refractivity contribution in [3.63, 3.8) is 0 Å². The van der Waals surface area contributed by atoms with E-state index in [4.69, 9.17) is 4.74 Å². The van der Waals surface area contributed by atoms with Gasteiger partial charge < -0.3 is 10.1 Å². The van der Waals surface area contributed by atoms with Gasteiger partial charge in [0.2, 0.25) is 11.1 Å². The minimum Gasteiger partial charge on any atom is -0.462 e. The Bertz CT molecular complexity index is 890. The van der Waals surface area contributed by atoms with Crippen molar-refractivity contribution in [3.05, 3.63) is 16.0 Å². The quantitative estimate of drug-likeness (QED) is 0.541. The van der Waals surface area contributed by atoms with Crippen LogP contribution in [-0.4, -0.2) is 43.9 Å². The Labute approximate surface area is 171 Å². The summed E-state index contributed by atoms with van der Waals surface area (Å²) in [6.07, 6.45) is 6.11. The number of aryl methyl sites for hydroxylation is 1. The topological polar surface area (TPSA) is 99.0 Å². The zero-order valence-electron chi connectivity index (χ0n) is 15.9. The van der Waals surface area contributed by atoms with Gasteiger partial charge in [-0.25, -0.2) is 9.48 Å². The van der Waals surface area contributed by atoms with Crippen molar-refractivity contribution in [1.82, 2.24) is 20.2 Å². The van der Waals surface area contributed by atoms with Crippen molar-refractivity contribution in [2.24, 2.45) is 0 Å². The van der Waals surface area contributed by atoms with Crippen molar-refractivity contribution >= 4 is 40.0 Å². The van der Waals surface area contributed by atoms with Crippen LogP contribution in [-0.2, 0) is 22.4 Å². The molecule has 1 amide bonds. The van der Waals surface area contributed by atoms with E-state index in [9.17, 15) is 9.59 Å². The summed E-state index contributed by atoms with van der Waals surface area (Å²) in [6, 6.07) is 0.354. The zero-order valence-corrected chi connectivity index (χ0v) is 17.6. The van der Waals surface area contributed by atoms with Crippen LogP contribution in [0.3, 0.4) is 0 Å². The van der Waals surface area contributed by atoms with Gasteiger partial charge >= 0.3 is 5.97 Å². The lowest BCUT2D eigenvalue weighted by molar-refractivity contribution is -0.115. The number of ether oxygens (including phenoxy) is 1. The van der Waals surface area contributed by atoms with Gasteiger partial charge in [-0.1, -0.05) is 11.8 Å². The second kappa shape index (κ2) is 8.20. The van der Waals surface area contributed by atoms with E-state index >= 15 is 0 Å². The Hall–Kier alpha value is -1.94. The highest BCUT2D eigenvalue weighted by Gasteiger charge is 2.31. The Balaban J connectivity index is 1.51. The molecule has 1 unspecified atom stereocenters. The lowest BCUT2D eigenvalue weighted by Gasteiger charge is -2.13. The molecule has 1 atom stereocenters. The highest BCUT2D eigenvalue weighted by molar-refractivity contribution is 8.00. The first kappa shape index (κ1) is 19.4. The number of carbonyl (C=O) groups excluding carboxylic acids is 2. The maximum atomic E-state index is 12.8. The van der Waals surface area contributed by atoms with E-state index in [1.807, 2.05) is 6.92 Å². The summed E-state index contributed by atoms with van der Waals surface area (Å²) in [5.41, 5.74) is 1.58. The summed E-state index contributed by atoms with van der Waals surface area (Å²) < 4.78 is 7.04. The third kappa shape index (κ3) is 3.93. The SMILES string of the molecule is CCOC(=O)c1c(NC(=O)C(C)Sc2nnnn2C2CC2)sc2c1CCCC2. The van der Waals surface area contributed by atoms with Crippen molar-refractivity contribution < 1.29 is 14.3 Å². The number of nitrogens with one attached hydrogen (secondary N) is 1. The minimum atomic E-state index is -0.391. The molecule has 28 heavy (non-hydrogen) atoms. The molecule has 8 nitrogen and oxygen atoms in total. The predicted octanol–water partition coefficient (Wildman–Crippen LogP) is 3.24. The molecule has 0 aliphatic heterocycles. The molecule has 0 saturated heterocycles. The number of anilines is 1. The number of fused-ring (bicyclic) bond motifs is 1. The fourth-order valence-electron chi connectivity index (χ4n) is 3.31. The van der Waals surface area contributed by atoms with Gasteiger partial charge in [0.15, 0.2) is 0 Å². The number of rotatable bonds is 7. The first-order chi connectivity index (χ1) is 13.6. The van der Waals surface area contributed by atoms with E-state index < -0.39 is 5.25 Å². The number of thioether (sulfide) groups is 1. The molecule has 2 aliphatic carbocycles. The first-order valence-corrected chi connectivity index (χ1v) is 11.3. The number of amides is 1. The number of hydrogen-bond donors (Lipinski definition) is 1. The van der Waals surface area contributed by atoms with Crippen LogP contribution >= 0.6 is 23.1 Å². The van der Waals surface area contributed by atoms with Crippen LogP contribution in [0.25, 0.3) is 0 Å². The van der Waals surface area contributed by atoms with Gasteiger partial charge in [0.05, 0.1) is 23.5 Å². The van der Waals surface area contributed by atoms with E-state index in [0.717, 1.165) is 44.1 Å². The Morgan fingerprint density at radius 3 is 2.89 bits per heavy atom. The monoisotopic (exact) mass is 421 g/mol. The van der Waals surface area contributed by atoms with E-state index in [2.05, 4.69) is 20.8 Å². The largest absolute Gasteiger partial charge is 0.462 e. The Morgan fingerprint density at radius 1 is 1.36 bits per heavy atom. The standard InChI is InChI=1S/C18H23N5O3S2/c1-3-26-17(25)14-12-6-4-5-7-13(12)28-16(14)19-15(24)10(2)27-18-20-21-22-23(18)11-8-9-11/h10-11H,3-9H2,1-2H3,(H,19,24). The Kier molecular flexibility index (Phi) is 5.68. The molecule has 4 rings (SSSR count). The maximum Gasteiger partial charge on any atom is 0.341 e. The summed E-state index contributed by atoms with van der Waals surface area (Å²) in [7, 11) is 0.